The Morgan fingerprint density at radius 1 is 1.25 bits per heavy atom. The van der Waals surface area contributed by atoms with Crippen LogP contribution in [0.3, 0.4) is 0 Å². The van der Waals surface area contributed by atoms with Crippen molar-refractivity contribution in [2.45, 2.75) is 6.54 Å². The summed E-state index contributed by atoms with van der Waals surface area (Å²) in [6.07, 6.45) is 3.41. The molecule has 4 nitrogen and oxygen atoms in total. The molecule has 1 heterocycles. The highest BCUT2D eigenvalue weighted by atomic mass is 79.9. The Labute approximate surface area is 126 Å². The highest BCUT2D eigenvalue weighted by molar-refractivity contribution is 9.10. The van der Waals surface area contributed by atoms with Gasteiger partial charge in [0.25, 0.3) is 5.91 Å². The lowest BCUT2D eigenvalue weighted by Crippen LogP contribution is -2.33. The van der Waals surface area contributed by atoms with E-state index in [0.717, 1.165) is 10.0 Å². The van der Waals surface area contributed by atoms with Gasteiger partial charge in [0, 0.05) is 30.0 Å². The molecule has 5 heteroatoms. The Hall–Kier alpha value is -1.72. The average Bonchev–Trinajstić information content (AvgIpc) is 2.48. The van der Waals surface area contributed by atoms with Crippen molar-refractivity contribution >= 4 is 21.8 Å². The van der Waals surface area contributed by atoms with Crippen LogP contribution in [0.4, 0.5) is 0 Å². The van der Waals surface area contributed by atoms with E-state index in [9.17, 15) is 4.79 Å². The van der Waals surface area contributed by atoms with Gasteiger partial charge in [-0.25, -0.2) is 0 Å². The first-order valence-electron chi connectivity index (χ1n) is 6.26. The fourth-order valence-corrected chi connectivity index (χ4v) is 2.34. The summed E-state index contributed by atoms with van der Waals surface area (Å²) < 4.78 is 0.749. The van der Waals surface area contributed by atoms with Crippen molar-refractivity contribution in [2.75, 3.05) is 13.2 Å². The van der Waals surface area contributed by atoms with Gasteiger partial charge in [0.1, 0.15) is 0 Å². The Balaban J connectivity index is 2.20. The summed E-state index contributed by atoms with van der Waals surface area (Å²) in [7, 11) is 0. The van der Waals surface area contributed by atoms with Gasteiger partial charge in [-0.05, 0) is 39.7 Å². The van der Waals surface area contributed by atoms with E-state index in [1.165, 1.54) is 0 Å². The largest absolute Gasteiger partial charge is 0.395 e. The van der Waals surface area contributed by atoms with Gasteiger partial charge in [-0.3, -0.25) is 9.78 Å². The van der Waals surface area contributed by atoms with Gasteiger partial charge in [0.15, 0.2) is 0 Å². The van der Waals surface area contributed by atoms with Gasteiger partial charge < -0.3 is 10.0 Å². The molecule has 0 saturated heterocycles. The molecular formula is C15H15BrN2O2. The molecule has 20 heavy (non-hydrogen) atoms. The monoisotopic (exact) mass is 334 g/mol. The highest BCUT2D eigenvalue weighted by Crippen LogP contribution is 2.18. The lowest BCUT2D eigenvalue weighted by Gasteiger charge is -2.22. The lowest BCUT2D eigenvalue weighted by molar-refractivity contribution is 0.0707. The fourth-order valence-electron chi connectivity index (χ4n) is 1.89. The van der Waals surface area contributed by atoms with Crippen molar-refractivity contribution in [1.82, 2.24) is 9.88 Å². The maximum Gasteiger partial charge on any atom is 0.255 e. The molecule has 2 aromatic rings. The van der Waals surface area contributed by atoms with Crippen LogP contribution in [-0.4, -0.2) is 34.0 Å². The average molecular weight is 335 g/mol. The Bertz CT molecular complexity index is 575. The molecule has 1 N–H and O–H groups in total. The predicted molar refractivity (Wildman–Crippen MR) is 80.2 cm³/mol. The summed E-state index contributed by atoms with van der Waals surface area (Å²) in [4.78, 5) is 18.2. The van der Waals surface area contributed by atoms with Crippen molar-refractivity contribution in [1.29, 1.82) is 0 Å². The summed E-state index contributed by atoms with van der Waals surface area (Å²) in [5, 5.41) is 9.16. The van der Waals surface area contributed by atoms with E-state index in [1.807, 2.05) is 30.3 Å². The van der Waals surface area contributed by atoms with E-state index in [4.69, 9.17) is 5.11 Å². The van der Waals surface area contributed by atoms with Gasteiger partial charge in [0.2, 0.25) is 0 Å². The molecule has 0 bridgehead atoms. The van der Waals surface area contributed by atoms with Crippen LogP contribution in [-0.2, 0) is 6.54 Å². The summed E-state index contributed by atoms with van der Waals surface area (Å²) in [6, 6.07) is 11.0. The molecular weight excluding hydrogens is 320 g/mol. The maximum atomic E-state index is 12.5. The van der Waals surface area contributed by atoms with E-state index in [2.05, 4.69) is 20.9 Å². The number of aliphatic hydroxyl groups is 1. The van der Waals surface area contributed by atoms with Crippen molar-refractivity contribution in [3.05, 3.63) is 64.4 Å². The maximum absolute atomic E-state index is 12.5. The number of aromatic nitrogens is 1. The number of hydrogen-bond acceptors (Lipinski definition) is 3. The van der Waals surface area contributed by atoms with Crippen LogP contribution in [0.5, 0.6) is 0 Å². The number of carbonyl (C=O) groups excluding carboxylic acids is 1. The van der Waals surface area contributed by atoms with E-state index in [1.54, 1.807) is 23.4 Å². The molecule has 1 aromatic heterocycles. The first-order valence-corrected chi connectivity index (χ1v) is 7.05. The zero-order valence-corrected chi connectivity index (χ0v) is 12.5. The van der Waals surface area contributed by atoms with Gasteiger partial charge >= 0.3 is 0 Å². The quantitative estimate of drug-likeness (QED) is 0.913. The van der Waals surface area contributed by atoms with Crippen LogP contribution in [0.25, 0.3) is 0 Å². The van der Waals surface area contributed by atoms with Crippen LogP contribution >= 0.6 is 15.9 Å². The third-order valence-corrected chi connectivity index (χ3v) is 3.55. The van der Waals surface area contributed by atoms with Crippen LogP contribution < -0.4 is 0 Å². The van der Waals surface area contributed by atoms with Gasteiger partial charge in [-0.1, -0.05) is 18.2 Å². The van der Waals surface area contributed by atoms with Crippen molar-refractivity contribution < 1.29 is 9.90 Å². The van der Waals surface area contributed by atoms with Crippen molar-refractivity contribution in [2.24, 2.45) is 0 Å². The first-order chi connectivity index (χ1) is 9.72. The number of nitrogens with zero attached hydrogens (tertiary/aromatic N) is 2. The van der Waals surface area contributed by atoms with Crippen molar-refractivity contribution in [3.63, 3.8) is 0 Å². The number of amides is 1. The van der Waals surface area contributed by atoms with E-state index in [-0.39, 0.29) is 19.1 Å². The fraction of sp³-hybridized carbons (Fsp3) is 0.200. The summed E-state index contributed by atoms with van der Waals surface area (Å²) in [5.41, 5.74) is 1.52. The molecule has 2 rings (SSSR count). The molecule has 0 spiro atoms. The zero-order chi connectivity index (χ0) is 14.4. The Morgan fingerprint density at radius 2 is 2.05 bits per heavy atom. The zero-order valence-electron chi connectivity index (χ0n) is 10.9. The Morgan fingerprint density at radius 3 is 2.70 bits per heavy atom. The molecule has 1 aromatic carbocycles. The smallest absolute Gasteiger partial charge is 0.255 e. The molecule has 0 atom stereocenters. The van der Waals surface area contributed by atoms with Crippen LogP contribution in [0.1, 0.15) is 15.9 Å². The molecule has 0 unspecified atom stereocenters. The lowest BCUT2D eigenvalue weighted by atomic mass is 10.2. The molecule has 0 fully saturated rings. The standard InChI is InChI=1S/C15H15BrN2O2/c16-14-6-2-1-5-13(14)15(20)18(8-9-19)11-12-4-3-7-17-10-12/h1-7,10,19H,8-9,11H2. The predicted octanol–water partition coefficient (Wildman–Crippen LogP) is 2.48. The molecule has 0 aliphatic carbocycles. The second-order valence-electron chi connectivity index (χ2n) is 4.29. The number of hydrogen-bond donors (Lipinski definition) is 1. The van der Waals surface area contributed by atoms with Crippen LogP contribution in [0.15, 0.2) is 53.3 Å². The molecule has 0 saturated carbocycles. The number of benzene rings is 1. The highest BCUT2D eigenvalue weighted by Gasteiger charge is 2.17. The summed E-state index contributed by atoms with van der Waals surface area (Å²) in [5.74, 6) is -0.115. The number of rotatable bonds is 5. The second-order valence-corrected chi connectivity index (χ2v) is 5.15. The third kappa shape index (κ3) is 3.65. The Kier molecular flexibility index (Phi) is 5.26. The van der Waals surface area contributed by atoms with Crippen molar-refractivity contribution in [3.8, 4) is 0 Å². The summed E-state index contributed by atoms with van der Waals surface area (Å²) in [6.45, 7) is 0.639. The SMILES string of the molecule is O=C(c1ccccc1Br)N(CCO)Cc1cccnc1. The van der Waals surface area contributed by atoms with Gasteiger partial charge in [-0.2, -0.15) is 0 Å². The molecule has 1 amide bonds. The van der Waals surface area contributed by atoms with E-state index < -0.39 is 0 Å². The van der Waals surface area contributed by atoms with Crippen LogP contribution in [0, 0.1) is 0 Å². The first kappa shape index (κ1) is 14.7. The minimum Gasteiger partial charge on any atom is -0.395 e. The normalized spacial score (nSPS) is 10.3. The number of aliphatic hydroxyl groups excluding tert-OH is 1. The molecule has 0 aliphatic heterocycles. The van der Waals surface area contributed by atoms with Gasteiger partial charge in [0.05, 0.1) is 12.2 Å². The summed E-state index contributed by atoms with van der Waals surface area (Å²) >= 11 is 3.38. The van der Waals surface area contributed by atoms with Gasteiger partial charge in [-0.15, -0.1) is 0 Å². The van der Waals surface area contributed by atoms with E-state index in [0.29, 0.717) is 12.1 Å². The minimum absolute atomic E-state index is 0.0730. The number of halogens is 1. The van der Waals surface area contributed by atoms with Crippen LogP contribution in [0.2, 0.25) is 0 Å². The topological polar surface area (TPSA) is 53.4 Å². The molecule has 0 aliphatic rings. The third-order valence-electron chi connectivity index (χ3n) is 2.86. The van der Waals surface area contributed by atoms with E-state index >= 15 is 0 Å². The minimum atomic E-state index is -0.115. The molecule has 104 valence electrons. The molecule has 0 radical (unpaired) electrons. The number of pyridine rings is 1. The number of carbonyl (C=O) groups is 1. The second kappa shape index (κ2) is 7.17.